The van der Waals surface area contributed by atoms with E-state index in [1.807, 2.05) is 19.2 Å². The number of benzene rings is 1. The second-order valence-electron chi connectivity index (χ2n) is 2.50. The van der Waals surface area contributed by atoms with Crippen molar-refractivity contribution in [2.75, 3.05) is 14.2 Å². The van der Waals surface area contributed by atoms with Gasteiger partial charge in [-0.25, -0.2) is 0 Å². The van der Waals surface area contributed by atoms with E-state index in [0.717, 1.165) is 16.8 Å². The second-order valence-corrected chi connectivity index (χ2v) is 3.35. The average Bonchev–Trinajstić information content (AvgIpc) is 2.05. The van der Waals surface area contributed by atoms with Gasteiger partial charge in [-0.1, -0.05) is 6.07 Å². The van der Waals surface area contributed by atoms with Crippen LogP contribution in [0.25, 0.3) is 0 Å². The van der Waals surface area contributed by atoms with Gasteiger partial charge in [0.1, 0.15) is 5.75 Å². The summed E-state index contributed by atoms with van der Waals surface area (Å²) in [4.78, 5) is 0. The van der Waals surface area contributed by atoms with Crippen LogP contribution in [-0.2, 0) is 6.54 Å². The fourth-order valence-electron chi connectivity index (χ4n) is 1.02. The SMILES string of the molecule is Br.CNCc1ccc(OC)c(Br)c1. The maximum absolute atomic E-state index is 5.11. The molecule has 0 aliphatic heterocycles. The van der Waals surface area contributed by atoms with Crippen molar-refractivity contribution in [3.05, 3.63) is 28.2 Å². The van der Waals surface area contributed by atoms with Crippen LogP contribution >= 0.6 is 32.9 Å². The fourth-order valence-corrected chi connectivity index (χ4v) is 1.61. The van der Waals surface area contributed by atoms with Gasteiger partial charge in [0.15, 0.2) is 0 Å². The molecule has 0 aromatic heterocycles. The Kier molecular flexibility index (Phi) is 6.37. The van der Waals surface area contributed by atoms with Crippen LogP contribution in [0.1, 0.15) is 5.56 Å². The summed E-state index contributed by atoms with van der Waals surface area (Å²) in [6.07, 6.45) is 0. The van der Waals surface area contributed by atoms with Crippen molar-refractivity contribution in [3.63, 3.8) is 0 Å². The molecule has 1 N–H and O–H groups in total. The topological polar surface area (TPSA) is 21.3 Å². The maximum atomic E-state index is 5.11. The van der Waals surface area contributed by atoms with E-state index in [4.69, 9.17) is 4.74 Å². The van der Waals surface area contributed by atoms with E-state index in [9.17, 15) is 0 Å². The van der Waals surface area contributed by atoms with Gasteiger partial charge < -0.3 is 10.1 Å². The standard InChI is InChI=1S/C9H12BrNO.BrH/c1-11-6-7-3-4-9(12-2)8(10)5-7;/h3-5,11H,6H2,1-2H3;1H. The van der Waals surface area contributed by atoms with Gasteiger partial charge in [0, 0.05) is 6.54 Å². The number of methoxy groups -OCH3 is 1. The lowest BCUT2D eigenvalue weighted by molar-refractivity contribution is 0.412. The molecule has 74 valence electrons. The van der Waals surface area contributed by atoms with E-state index >= 15 is 0 Å². The van der Waals surface area contributed by atoms with Crippen molar-refractivity contribution in [1.82, 2.24) is 5.32 Å². The number of hydrogen-bond acceptors (Lipinski definition) is 2. The number of halogens is 2. The molecule has 1 rings (SSSR count). The van der Waals surface area contributed by atoms with Crippen molar-refractivity contribution >= 4 is 32.9 Å². The van der Waals surface area contributed by atoms with Crippen LogP contribution in [0.5, 0.6) is 5.75 Å². The Morgan fingerprint density at radius 2 is 2.15 bits per heavy atom. The second kappa shape index (κ2) is 6.40. The van der Waals surface area contributed by atoms with Crippen LogP contribution in [0.2, 0.25) is 0 Å². The highest BCUT2D eigenvalue weighted by atomic mass is 79.9. The molecule has 0 heterocycles. The van der Waals surface area contributed by atoms with E-state index < -0.39 is 0 Å². The predicted molar refractivity (Wildman–Crippen MR) is 63.8 cm³/mol. The van der Waals surface area contributed by atoms with Crippen molar-refractivity contribution < 1.29 is 4.74 Å². The van der Waals surface area contributed by atoms with Gasteiger partial charge in [0.25, 0.3) is 0 Å². The summed E-state index contributed by atoms with van der Waals surface area (Å²) in [7, 11) is 3.59. The molecule has 0 saturated carbocycles. The molecule has 1 aromatic carbocycles. The molecule has 13 heavy (non-hydrogen) atoms. The largest absolute Gasteiger partial charge is 0.496 e. The zero-order chi connectivity index (χ0) is 8.97. The van der Waals surface area contributed by atoms with Crippen molar-refractivity contribution in [1.29, 1.82) is 0 Å². The van der Waals surface area contributed by atoms with E-state index in [1.165, 1.54) is 5.56 Å². The normalized spacial score (nSPS) is 9.15. The lowest BCUT2D eigenvalue weighted by Crippen LogP contribution is -2.04. The molecule has 0 spiro atoms. The average molecular weight is 311 g/mol. The number of nitrogens with one attached hydrogen (secondary N) is 1. The zero-order valence-electron chi connectivity index (χ0n) is 7.63. The van der Waals surface area contributed by atoms with Gasteiger partial charge in [0.2, 0.25) is 0 Å². The van der Waals surface area contributed by atoms with Gasteiger partial charge >= 0.3 is 0 Å². The minimum absolute atomic E-state index is 0. The molecule has 0 aliphatic rings. The number of hydrogen-bond donors (Lipinski definition) is 1. The summed E-state index contributed by atoms with van der Waals surface area (Å²) in [6, 6.07) is 6.05. The molecule has 2 nitrogen and oxygen atoms in total. The Hall–Kier alpha value is -0.0600. The number of rotatable bonds is 3. The maximum Gasteiger partial charge on any atom is 0.133 e. The van der Waals surface area contributed by atoms with Crippen LogP contribution in [0, 0.1) is 0 Å². The molecular weight excluding hydrogens is 298 g/mol. The molecule has 0 saturated heterocycles. The molecular formula is C9H13Br2NO. The first kappa shape index (κ1) is 12.9. The van der Waals surface area contributed by atoms with Crippen LogP contribution < -0.4 is 10.1 Å². The highest BCUT2D eigenvalue weighted by Gasteiger charge is 1.99. The van der Waals surface area contributed by atoms with Gasteiger partial charge in [0.05, 0.1) is 11.6 Å². The third-order valence-electron chi connectivity index (χ3n) is 1.60. The lowest BCUT2D eigenvalue weighted by Gasteiger charge is -2.05. The first-order chi connectivity index (χ1) is 5.77. The zero-order valence-corrected chi connectivity index (χ0v) is 10.9. The molecule has 0 bridgehead atoms. The monoisotopic (exact) mass is 309 g/mol. The molecule has 0 amide bonds. The molecule has 0 fully saturated rings. The van der Waals surface area contributed by atoms with E-state index in [1.54, 1.807) is 7.11 Å². The van der Waals surface area contributed by atoms with Gasteiger partial charge in [-0.15, -0.1) is 17.0 Å². The first-order valence-corrected chi connectivity index (χ1v) is 4.54. The highest BCUT2D eigenvalue weighted by molar-refractivity contribution is 9.10. The van der Waals surface area contributed by atoms with Crippen LogP contribution in [0.3, 0.4) is 0 Å². The smallest absolute Gasteiger partial charge is 0.133 e. The Bertz CT molecular complexity index is 266. The van der Waals surface area contributed by atoms with Gasteiger partial charge in [-0.2, -0.15) is 0 Å². The highest BCUT2D eigenvalue weighted by Crippen LogP contribution is 2.25. The summed E-state index contributed by atoms with van der Waals surface area (Å²) in [6.45, 7) is 0.878. The van der Waals surface area contributed by atoms with E-state index in [2.05, 4.69) is 27.3 Å². The van der Waals surface area contributed by atoms with Crippen molar-refractivity contribution in [2.45, 2.75) is 6.54 Å². The van der Waals surface area contributed by atoms with Crippen molar-refractivity contribution in [3.8, 4) is 5.75 Å². The van der Waals surface area contributed by atoms with E-state index in [-0.39, 0.29) is 17.0 Å². The summed E-state index contributed by atoms with van der Waals surface area (Å²) >= 11 is 3.42. The Morgan fingerprint density at radius 1 is 1.46 bits per heavy atom. The molecule has 0 atom stereocenters. The van der Waals surface area contributed by atoms with Crippen molar-refractivity contribution in [2.24, 2.45) is 0 Å². The Morgan fingerprint density at radius 3 is 2.62 bits per heavy atom. The quantitative estimate of drug-likeness (QED) is 0.927. The molecule has 0 aliphatic carbocycles. The van der Waals surface area contributed by atoms with Crippen LogP contribution in [0.4, 0.5) is 0 Å². The number of ether oxygens (including phenoxy) is 1. The summed E-state index contributed by atoms with van der Waals surface area (Å²) in [5.74, 6) is 0.870. The summed E-state index contributed by atoms with van der Waals surface area (Å²) in [5.41, 5.74) is 1.24. The van der Waals surface area contributed by atoms with E-state index in [0.29, 0.717) is 0 Å². The van der Waals surface area contributed by atoms with Gasteiger partial charge in [-0.05, 0) is 40.7 Å². The Labute approximate surface area is 97.6 Å². The Balaban J connectivity index is 0.00000144. The van der Waals surface area contributed by atoms with Crippen LogP contribution in [0.15, 0.2) is 22.7 Å². The minimum atomic E-state index is 0. The lowest BCUT2D eigenvalue weighted by atomic mass is 10.2. The third kappa shape index (κ3) is 3.67. The third-order valence-corrected chi connectivity index (χ3v) is 2.22. The van der Waals surface area contributed by atoms with Crippen LogP contribution in [-0.4, -0.2) is 14.2 Å². The fraction of sp³-hybridized carbons (Fsp3) is 0.333. The predicted octanol–water partition coefficient (Wildman–Crippen LogP) is 2.76. The molecule has 1 aromatic rings. The minimum Gasteiger partial charge on any atom is -0.496 e. The van der Waals surface area contributed by atoms with Gasteiger partial charge in [-0.3, -0.25) is 0 Å². The molecule has 0 unspecified atom stereocenters. The molecule has 4 heteroatoms. The molecule has 0 radical (unpaired) electrons. The summed E-state index contributed by atoms with van der Waals surface area (Å²) in [5, 5.41) is 3.09. The summed E-state index contributed by atoms with van der Waals surface area (Å²) < 4.78 is 6.11. The first-order valence-electron chi connectivity index (χ1n) is 3.75.